The number of phenols is 1. The number of nitrogens with one attached hydrogen (secondary N) is 2. The molecular weight excluding hydrogens is 695 g/mol. The van der Waals surface area contributed by atoms with E-state index in [1.807, 2.05) is 42.5 Å². The van der Waals surface area contributed by atoms with Crippen molar-refractivity contribution >= 4 is 29.2 Å². The van der Waals surface area contributed by atoms with Gasteiger partial charge in [0.1, 0.15) is 11.8 Å². The average Bonchev–Trinajstić information content (AvgIpc) is 3.19. The standard InChI is InChI=1S/C43H40F3N3O5/c1-54-42(53)38(27-28-11-21-35(50)22-12-28)48-41(52)39(30-7-3-2-4-8-30)31-23-25-49(26-24-31)34-19-17-33(18-20-34)47-40(51)37-10-6-5-9-36(37)29-13-15-32(16-14-29)43(44,45)46/h2-22,31,38-39,50H,23-27H2,1H3,(H,47,51)(H,48,52). The highest BCUT2D eigenvalue weighted by Crippen LogP contribution is 2.36. The van der Waals surface area contributed by atoms with Crippen LogP contribution in [-0.4, -0.2) is 49.1 Å². The summed E-state index contributed by atoms with van der Waals surface area (Å²) in [4.78, 5) is 42.3. The molecule has 0 saturated carbocycles. The molecule has 3 N–H and O–H groups in total. The van der Waals surface area contributed by atoms with E-state index >= 15 is 0 Å². The number of hydrogen-bond donors (Lipinski definition) is 3. The maximum atomic E-state index is 14.0. The van der Waals surface area contributed by atoms with Gasteiger partial charge in [-0.1, -0.05) is 72.8 Å². The number of benzene rings is 5. The van der Waals surface area contributed by atoms with Crippen molar-refractivity contribution in [3.8, 4) is 16.9 Å². The minimum absolute atomic E-state index is 0.00101. The van der Waals surface area contributed by atoms with E-state index in [1.54, 1.807) is 48.5 Å². The average molecular weight is 736 g/mol. The van der Waals surface area contributed by atoms with Crippen molar-refractivity contribution < 1.29 is 37.4 Å². The first-order valence-electron chi connectivity index (χ1n) is 17.6. The summed E-state index contributed by atoms with van der Waals surface area (Å²) in [7, 11) is 1.29. The topological polar surface area (TPSA) is 108 Å². The first-order valence-corrected chi connectivity index (χ1v) is 17.6. The molecule has 5 aromatic rings. The summed E-state index contributed by atoms with van der Waals surface area (Å²) < 4.78 is 44.3. The van der Waals surface area contributed by atoms with Crippen molar-refractivity contribution in [2.24, 2.45) is 5.92 Å². The highest BCUT2D eigenvalue weighted by Gasteiger charge is 2.35. The molecule has 278 valence electrons. The minimum Gasteiger partial charge on any atom is -0.508 e. The van der Waals surface area contributed by atoms with Crippen molar-refractivity contribution in [3.63, 3.8) is 0 Å². The van der Waals surface area contributed by atoms with Crippen molar-refractivity contribution in [3.05, 3.63) is 150 Å². The predicted molar refractivity (Wildman–Crippen MR) is 201 cm³/mol. The first kappa shape index (κ1) is 37.7. The molecule has 1 aliphatic rings. The predicted octanol–water partition coefficient (Wildman–Crippen LogP) is 8.23. The van der Waals surface area contributed by atoms with Crippen LogP contribution in [0, 0.1) is 5.92 Å². The Morgan fingerprint density at radius 1 is 0.815 bits per heavy atom. The number of methoxy groups -OCH3 is 1. The number of piperidine rings is 1. The van der Waals surface area contributed by atoms with Crippen LogP contribution in [0.15, 0.2) is 127 Å². The van der Waals surface area contributed by atoms with Gasteiger partial charge in [0.05, 0.1) is 18.6 Å². The number of anilines is 2. The Morgan fingerprint density at radius 2 is 1.44 bits per heavy atom. The smallest absolute Gasteiger partial charge is 0.416 e. The largest absolute Gasteiger partial charge is 0.508 e. The van der Waals surface area contributed by atoms with Gasteiger partial charge in [-0.05, 0) is 95.6 Å². The minimum atomic E-state index is -4.45. The van der Waals surface area contributed by atoms with Gasteiger partial charge >= 0.3 is 12.1 Å². The molecule has 1 heterocycles. The molecule has 6 rings (SSSR count). The van der Waals surface area contributed by atoms with E-state index < -0.39 is 29.7 Å². The van der Waals surface area contributed by atoms with E-state index in [2.05, 4.69) is 15.5 Å². The molecule has 5 aromatic carbocycles. The van der Waals surface area contributed by atoms with Gasteiger partial charge in [0.25, 0.3) is 5.91 Å². The number of esters is 1. The maximum Gasteiger partial charge on any atom is 0.416 e. The Hall–Kier alpha value is -6.10. The van der Waals surface area contributed by atoms with Crippen LogP contribution in [0.4, 0.5) is 24.5 Å². The van der Waals surface area contributed by atoms with Crippen LogP contribution in [0.2, 0.25) is 0 Å². The Balaban J connectivity index is 1.10. The molecule has 1 aliphatic heterocycles. The zero-order chi connectivity index (χ0) is 38.2. The fraction of sp³-hybridized carbons (Fsp3) is 0.233. The van der Waals surface area contributed by atoms with Gasteiger partial charge in [0.2, 0.25) is 5.91 Å². The summed E-state index contributed by atoms with van der Waals surface area (Å²) in [6, 6.07) is 34.1. The molecule has 11 heteroatoms. The number of ether oxygens (including phenoxy) is 1. The molecule has 8 nitrogen and oxygen atoms in total. The Bertz CT molecular complexity index is 2050. The first-order chi connectivity index (χ1) is 26.0. The maximum absolute atomic E-state index is 14.0. The number of alkyl halides is 3. The third-order valence-electron chi connectivity index (χ3n) is 9.82. The van der Waals surface area contributed by atoms with E-state index in [0.29, 0.717) is 48.3 Å². The van der Waals surface area contributed by atoms with Gasteiger partial charge in [-0.3, -0.25) is 9.59 Å². The summed E-state index contributed by atoms with van der Waals surface area (Å²) in [5.74, 6) is -1.59. The lowest BCUT2D eigenvalue weighted by molar-refractivity contribution is -0.145. The van der Waals surface area contributed by atoms with E-state index in [4.69, 9.17) is 4.74 Å². The third-order valence-corrected chi connectivity index (χ3v) is 9.82. The molecular formula is C43H40F3N3O5. The summed E-state index contributed by atoms with van der Waals surface area (Å²) >= 11 is 0. The number of carbonyl (C=O) groups excluding carboxylic acids is 3. The lowest BCUT2D eigenvalue weighted by Gasteiger charge is -2.37. The Morgan fingerprint density at radius 3 is 2.07 bits per heavy atom. The summed E-state index contributed by atoms with van der Waals surface area (Å²) in [6.45, 7) is 1.36. The van der Waals surface area contributed by atoms with Gasteiger partial charge in [-0.2, -0.15) is 13.2 Å². The van der Waals surface area contributed by atoms with E-state index in [0.717, 1.165) is 28.9 Å². The van der Waals surface area contributed by atoms with Gasteiger partial charge in [-0.25, -0.2) is 4.79 Å². The zero-order valence-electron chi connectivity index (χ0n) is 29.6. The fourth-order valence-electron chi connectivity index (χ4n) is 6.98. The molecule has 0 spiro atoms. The van der Waals surface area contributed by atoms with Crippen LogP contribution in [0.1, 0.15) is 45.8 Å². The number of nitrogens with zero attached hydrogens (tertiary/aromatic N) is 1. The lowest BCUT2D eigenvalue weighted by atomic mass is 9.79. The molecule has 2 atom stereocenters. The van der Waals surface area contributed by atoms with Crippen molar-refractivity contribution in [2.45, 2.75) is 37.4 Å². The van der Waals surface area contributed by atoms with Crippen molar-refractivity contribution in [1.29, 1.82) is 0 Å². The number of hydrogen-bond acceptors (Lipinski definition) is 6. The molecule has 2 unspecified atom stereocenters. The second-order valence-corrected chi connectivity index (χ2v) is 13.3. The van der Waals surface area contributed by atoms with E-state index in [1.165, 1.54) is 31.4 Å². The lowest BCUT2D eigenvalue weighted by Crippen LogP contribution is -2.47. The summed E-state index contributed by atoms with van der Waals surface area (Å²) in [5, 5.41) is 15.5. The molecule has 2 amide bonds. The second kappa shape index (κ2) is 16.7. The third kappa shape index (κ3) is 9.09. The normalized spacial score (nSPS) is 14.5. The number of halogens is 3. The highest BCUT2D eigenvalue weighted by atomic mass is 19.4. The molecule has 1 saturated heterocycles. The van der Waals surface area contributed by atoms with Gasteiger partial charge in [-0.15, -0.1) is 0 Å². The van der Waals surface area contributed by atoms with Gasteiger partial charge in [0, 0.05) is 36.4 Å². The molecule has 54 heavy (non-hydrogen) atoms. The van der Waals surface area contributed by atoms with E-state index in [-0.39, 0.29) is 29.9 Å². The number of carbonyl (C=O) groups is 3. The van der Waals surface area contributed by atoms with Crippen molar-refractivity contribution in [2.75, 3.05) is 30.4 Å². The SMILES string of the molecule is COC(=O)C(Cc1ccc(O)cc1)NC(=O)C(c1ccccc1)C1CCN(c2ccc(NC(=O)c3ccccc3-c3ccc(C(F)(F)F)cc3)cc2)CC1. The van der Waals surface area contributed by atoms with Crippen LogP contribution in [-0.2, 0) is 26.9 Å². The second-order valence-electron chi connectivity index (χ2n) is 13.3. The number of rotatable bonds is 11. The summed E-state index contributed by atoms with van der Waals surface area (Å²) in [5.41, 5.74) is 3.74. The molecule has 0 aliphatic carbocycles. The van der Waals surface area contributed by atoms with Crippen molar-refractivity contribution in [1.82, 2.24) is 5.32 Å². The van der Waals surface area contributed by atoms with Crippen LogP contribution < -0.4 is 15.5 Å². The Kier molecular flexibility index (Phi) is 11.6. The van der Waals surface area contributed by atoms with E-state index in [9.17, 15) is 32.7 Å². The number of phenolic OH excluding ortho intramolecular Hbond substituents is 1. The van der Waals surface area contributed by atoms with Crippen LogP contribution >= 0.6 is 0 Å². The zero-order valence-corrected chi connectivity index (χ0v) is 29.6. The van der Waals surface area contributed by atoms with Gasteiger partial charge < -0.3 is 25.4 Å². The fourth-order valence-corrected chi connectivity index (χ4v) is 6.98. The highest BCUT2D eigenvalue weighted by molar-refractivity contribution is 6.08. The molecule has 1 fully saturated rings. The molecule has 0 bridgehead atoms. The van der Waals surface area contributed by atoms with Crippen LogP contribution in [0.25, 0.3) is 11.1 Å². The Labute approximate surface area is 311 Å². The quantitative estimate of drug-likeness (QED) is 0.118. The summed E-state index contributed by atoms with van der Waals surface area (Å²) in [6.07, 6.45) is -2.81. The molecule has 0 radical (unpaired) electrons. The number of amides is 2. The molecule has 0 aromatic heterocycles. The monoisotopic (exact) mass is 735 g/mol. The van der Waals surface area contributed by atoms with Gasteiger partial charge in [0.15, 0.2) is 0 Å². The van der Waals surface area contributed by atoms with Crippen LogP contribution in [0.5, 0.6) is 5.75 Å². The van der Waals surface area contributed by atoms with Crippen LogP contribution in [0.3, 0.4) is 0 Å². The number of aromatic hydroxyl groups is 1.